The summed E-state index contributed by atoms with van der Waals surface area (Å²) in [5.74, 6) is -0.980. The summed E-state index contributed by atoms with van der Waals surface area (Å²) in [5, 5.41) is 2.70. The van der Waals surface area contributed by atoms with Gasteiger partial charge < -0.3 is 10.2 Å². The second-order valence-electron chi connectivity index (χ2n) is 6.23. The van der Waals surface area contributed by atoms with Gasteiger partial charge in [0.1, 0.15) is 5.82 Å². The number of hydrogen-bond donors (Lipinski definition) is 1. The minimum absolute atomic E-state index is 0.0433. The number of nitrogens with zero attached hydrogens (tertiary/aromatic N) is 1. The molecule has 2 aromatic carbocycles. The van der Waals surface area contributed by atoms with Crippen molar-refractivity contribution in [2.24, 2.45) is 0 Å². The SMILES string of the molecule is CC(C)N(Cc1ccccc1)C(=O)CCNC(=O)c1ccc(F)cc1Cl. The van der Waals surface area contributed by atoms with E-state index in [0.29, 0.717) is 6.54 Å². The molecule has 0 aromatic heterocycles. The number of rotatable bonds is 7. The Morgan fingerprint density at radius 1 is 1.15 bits per heavy atom. The summed E-state index contributed by atoms with van der Waals surface area (Å²) in [6, 6.07) is 13.4. The molecule has 4 nitrogen and oxygen atoms in total. The first kappa shape index (κ1) is 19.9. The van der Waals surface area contributed by atoms with Gasteiger partial charge in [-0.05, 0) is 37.6 Å². The molecule has 0 aliphatic rings. The Hall–Kier alpha value is -2.40. The fourth-order valence-corrected chi connectivity index (χ4v) is 2.79. The van der Waals surface area contributed by atoms with Crippen LogP contribution in [0.25, 0.3) is 0 Å². The van der Waals surface area contributed by atoms with E-state index in [1.54, 1.807) is 4.90 Å². The first-order valence-corrected chi connectivity index (χ1v) is 8.83. The lowest BCUT2D eigenvalue weighted by atomic mass is 10.1. The molecule has 0 bridgehead atoms. The van der Waals surface area contributed by atoms with E-state index < -0.39 is 11.7 Å². The molecule has 0 radical (unpaired) electrons. The van der Waals surface area contributed by atoms with Crippen molar-refractivity contribution < 1.29 is 14.0 Å². The van der Waals surface area contributed by atoms with Gasteiger partial charge in [0.15, 0.2) is 0 Å². The van der Waals surface area contributed by atoms with E-state index in [9.17, 15) is 14.0 Å². The molecule has 0 fully saturated rings. The molecule has 0 saturated heterocycles. The molecule has 0 atom stereocenters. The summed E-state index contributed by atoms with van der Waals surface area (Å²) in [4.78, 5) is 26.4. The molecule has 0 aliphatic heterocycles. The lowest BCUT2D eigenvalue weighted by Crippen LogP contribution is -2.38. The fourth-order valence-electron chi connectivity index (χ4n) is 2.53. The third-order valence-electron chi connectivity index (χ3n) is 3.94. The van der Waals surface area contributed by atoms with Crippen molar-refractivity contribution in [1.82, 2.24) is 10.2 Å². The third kappa shape index (κ3) is 5.56. The maximum Gasteiger partial charge on any atom is 0.252 e. The number of benzene rings is 2. The summed E-state index contributed by atoms with van der Waals surface area (Å²) in [5.41, 5.74) is 1.24. The maximum absolute atomic E-state index is 13.0. The van der Waals surface area contributed by atoms with Gasteiger partial charge in [0.05, 0.1) is 10.6 Å². The van der Waals surface area contributed by atoms with Crippen molar-refractivity contribution >= 4 is 23.4 Å². The van der Waals surface area contributed by atoms with E-state index in [1.807, 2.05) is 44.2 Å². The quantitative estimate of drug-likeness (QED) is 0.792. The van der Waals surface area contributed by atoms with Crippen molar-refractivity contribution in [3.63, 3.8) is 0 Å². The van der Waals surface area contributed by atoms with Crippen LogP contribution in [0.15, 0.2) is 48.5 Å². The molecule has 2 aromatic rings. The van der Waals surface area contributed by atoms with Gasteiger partial charge in [-0.15, -0.1) is 0 Å². The maximum atomic E-state index is 13.0. The summed E-state index contributed by atoms with van der Waals surface area (Å²) >= 11 is 5.87. The molecule has 2 amide bonds. The highest BCUT2D eigenvalue weighted by Gasteiger charge is 2.18. The van der Waals surface area contributed by atoms with Gasteiger partial charge in [0, 0.05) is 25.6 Å². The Bertz CT molecular complexity index is 766. The molecule has 2 rings (SSSR count). The van der Waals surface area contributed by atoms with Crippen LogP contribution in [-0.2, 0) is 11.3 Å². The summed E-state index contributed by atoms with van der Waals surface area (Å²) in [7, 11) is 0. The van der Waals surface area contributed by atoms with Crippen molar-refractivity contribution in [3.8, 4) is 0 Å². The topological polar surface area (TPSA) is 49.4 Å². The summed E-state index contributed by atoms with van der Waals surface area (Å²) in [6.07, 6.45) is 0.176. The molecule has 0 unspecified atom stereocenters. The van der Waals surface area contributed by atoms with E-state index in [1.165, 1.54) is 12.1 Å². The Morgan fingerprint density at radius 2 is 1.85 bits per heavy atom. The molecule has 26 heavy (non-hydrogen) atoms. The molecule has 0 saturated carbocycles. The van der Waals surface area contributed by atoms with Crippen molar-refractivity contribution in [3.05, 3.63) is 70.5 Å². The summed E-state index contributed by atoms with van der Waals surface area (Å²) < 4.78 is 13.0. The number of nitrogens with one attached hydrogen (secondary N) is 1. The lowest BCUT2D eigenvalue weighted by Gasteiger charge is -2.27. The molecular formula is C20H22ClFN2O2. The van der Waals surface area contributed by atoms with Gasteiger partial charge in [-0.25, -0.2) is 4.39 Å². The first-order chi connectivity index (χ1) is 12.4. The Kier molecular flexibility index (Phi) is 7.16. The highest BCUT2D eigenvalue weighted by atomic mass is 35.5. The van der Waals surface area contributed by atoms with Gasteiger partial charge >= 0.3 is 0 Å². The lowest BCUT2D eigenvalue weighted by molar-refractivity contribution is -0.133. The zero-order valence-corrected chi connectivity index (χ0v) is 15.6. The Balaban J connectivity index is 1.90. The minimum Gasteiger partial charge on any atom is -0.351 e. The van der Waals surface area contributed by atoms with Crippen LogP contribution in [0.2, 0.25) is 5.02 Å². The molecule has 0 spiro atoms. The number of amides is 2. The van der Waals surface area contributed by atoms with Gasteiger partial charge in [0.25, 0.3) is 5.91 Å². The number of hydrogen-bond acceptors (Lipinski definition) is 2. The fraction of sp³-hybridized carbons (Fsp3) is 0.300. The average Bonchev–Trinajstić information content (AvgIpc) is 2.60. The smallest absolute Gasteiger partial charge is 0.252 e. The van der Waals surface area contributed by atoms with Gasteiger partial charge in [0.2, 0.25) is 5.91 Å². The average molecular weight is 377 g/mol. The highest BCUT2D eigenvalue weighted by molar-refractivity contribution is 6.33. The van der Waals surface area contributed by atoms with Crippen molar-refractivity contribution in [1.29, 1.82) is 0 Å². The van der Waals surface area contributed by atoms with Crippen LogP contribution in [0.4, 0.5) is 4.39 Å². The van der Waals surface area contributed by atoms with E-state index in [4.69, 9.17) is 11.6 Å². The van der Waals surface area contributed by atoms with Gasteiger partial charge in [-0.1, -0.05) is 41.9 Å². The zero-order valence-electron chi connectivity index (χ0n) is 14.8. The molecule has 0 heterocycles. The van der Waals surface area contributed by atoms with Crippen LogP contribution in [0, 0.1) is 5.82 Å². The monoisotopic (exact) mass is 376 g/mol. The second-order valence-corrected chi connectivity index (χ2v) is 6.64. The Labute approximate surface area is 158 Å². The van der Waals surface area contributed by atoms with Crippen molar-refractivity contribution in [2.45, 2.75) is 32.9 Å². The van der Waals surface area contributed by atoms with Gasteiger partial charge in [-0.3, -0.25) is 9.59 Å². The van der Waals surface area contributed by atoms with E-state index in [0.717, 1.165) is 11.6 Å². The van der Waals surface area contributed by atoms with E-state index >= 15 is 0 Å². The third-order valence-corrected chi connectivity index (χ3v) is 4.25. The number of carbonyl (C=O) groups excluding carboxylic acids is 2. The normalized spacial score (nSPS) is 10.7. The largest absolute Gasteiger partial charge is 0.351 e. The van der Waals surface area contributed by atoms with Crippen LogP contribution in [0.1, 0.15) is 36.2 Å². The molecular weight excluding hydrogens is 355 g/mol. The predicted molar refractivity (Wildman–Crippen MR) is 100 cm³/mol. The van der Waals surface area contributed by atoms with Crippen LogP contribution < -0.4 is 5.32 Å². The summed E-state index contributed by atoms with van der Waals surface area (Å²) in [6.45, 7) is 4.62. The highest BCUT2D eigenvalue weighted by Crippen LogP contribution is 2.17. The number of carbonyl (C=O) groups is 2. The predicted octanol–water partition coefficient (Wildman–Crippen LogP) is 4.04. The molecule has 0 aliphatic carbocycles. The van der Waals surface area contributed by atoms with Crippen LogP contribution >= 0.6 is 11.6 Å². The van der Waals surface area contributed by atoms with E-state index in [2.05, 4.69) is 5.32 Å². The molecule has 6 heteroatoms. The molecule has 138 valence electrons. The van der Waals surface area contributed by atoms with Crippen LogP contribution in [0.5, 0.6) is 0 Å². The Morgan fingerprint density at radius 3 is 2.46 bits per heavy atom. The van der Waals surface area contributed by atoms with Crippen LogP contribution in [0.3, 0.4) is 0 Å². The first-order valence-electron chi connectivity index (χ1n) is 8.45. The standard InChI is InChI=1S/C20H22ClFN2O2/c1-14(2)24(13-15-6-4-3-5-7-15)19(25)10-11-23-20(26)17-9-8-16(22)12-18(17)21/h3-9,12,14H,10-11,13H2,1-2H3,(H,23,26). The van der Waals surface area contributed by atoms with Crippen LogP contribution in [-0.4, -0.2) is 29.3 Å². The van der Waals surface area contributed by atoms with Crippen molar-refractivity contribution in [2.75, 3.05) is 6.54 Å². The molecule has 1 N–H and O–H groups in total. The van der Waals surface area contributed by atoms with E-state index in [-0.39, 0.29) is 35.5 Å². The zero-order chi connectivity index (χ0) is 19.1. The van der Waals surface area contributed by atoms with Gasteiger partial charge in [-0.2, -0.15) is 0 Å². The number of halogens is 2. The second kappa shape index (κ2) is 9.34. The minimum atomic E-state index is -0.504.